The van der Waals surface area contributed by atoms with E-state index in [9.17, 15) is 4.79 Å². The van der Waals surface area contributed by atoms with Crippen LogP contribution in [0.15, 0.2) is 11.4 Å². The Morgan fingerprint density at radius 2 is 2.21 bits per heavy atom. The highest BCUT2D eigenvalue weighted by Gasteiger charge is 2.15. The van der Waals surface area contributed by atoms with Crippen LogP contribution in [0.1, 0.15) is 48.8 Å². The molecule has 104 valence electrons. The van der Waals surface area contributed by atoms with Crippen molar-refractivity contribution in [1.82, 2.24) is 5.32 Å². The largest absolute Gasteiger partial charge is 0.395 e. The molecular weight excluding hydrogens is 258 g/mol. The van der Waals surface area contributed by atoms with E-state index >= 15 is 0 Å². The second kappa shape index (κ2) is 7.98. The summed E-state index contributed by atoms with van der Waals surface area (Å²) >= 11 is 1.40. The minimum Gasteiger partial charge on any atom is -0.395 e. The van der Waals surface area contributed by atoms with E-state index in [1.54, 1.807) is 0 Å². The number of thiophene rings is 1. The first-order valence-corrected chi connectivity index (χ1v) is 7.40. The van der Waals surface area contributed by atoms with Crippen LogP contribution in [0.25, 0.3) is 0 Å². The van der Waals surface area contributed by atoms with Crippen molar-refractivity contribution in [1.29, 1.82) is 0 Å². The van der Waals surface area contributed by atoms with Gasteiger partial charge in [-0.1, -0.05) is 25.7 Å². The lowest BCUT2D eigenvalue weighted by Crippen LogP contribution is -2.33. The molecular formula is C15H21NO2S. The molecule has 0 radical (unpaired) electrons. The predicted octanol–water partition coefficient (Wildman–Crippen LogP) is 2.65. The number of amides is 1. The van der Waals surface area contributed by atoms with Gasteiger partial charge in [-0.25, -0.2) is 0 Å². The molecule has 2 N–H and O–H groups in total. The molecule has 0 saturated heterocycles. The van der Waals surface area contributed by atoms with E-state index < -0.39 is 0 Å². The van der Waals surface area contributed by atoms with E-state index in [1.807, 2.05) is 18.4 Å². The molecule has 3 nitrogen and oxygen atoms in total. The van der Waals surface area contributed by atoms with Gasteiger partial charge in [0.05, 0.1) is 6.61 Å². The zero-order valence-corrected chi connectivity index (χ0v) is 12.5. The summed E-state index contributed by atoms with van der Waals surface area (Å²) in [5.41, 5.74) is 0.743. The van der Waals surface area contributed by atoms with E-state index in [1.165, 1.54) is 11.3 Å². The number of rotatable bonds is 5. The molecule has 0 fully saturated rings. The summed E-state index contributed by atoms with van der Waals surface area (Å²) in [4.78, 5) is 12.8. The van der Waals surface area contributed by atoms with Gasteiger partial charge >= 0.3 is 0 Å². The van der Waals surface area contributed by atoms with Crippen LogP contribution < -0.4 is 5.32 Å². The van der Waals surface area contributed by atoms with Gasteiger partial charge < -0.3 is 10.4 Å². The Kier molecular flexibility index (Phi) is 6.61. The van der Waals surface area contributed by atoms with Crippen molar-refractivity contribution in [3.63, 3.8) is 0 Å². The van der Waals surface area contributed by atoms with Crippen molar-refractivity contribution in [3.8, 4) is 11.8 Å². The van der Waals surface area contributed by atoms with E-state index in [0.717, 1.165) is 12.0 Å². The molecule has 0 aliphatic heterocycles. The Balaban J connectivity index is 2.68. The molecule has 1 aromatic rings. The molecule has 0 bridgehead atoms. The molecule has 1 amide bonds. The van der Waals surface area contributed by atoms with Crippen LogP contribution in [0, 0.1) is 17.8 Å². The van der Waals surface area contributed by atoms with Crippen LogP contribution in [0.3, 0.4) is 0 Å². The van der Waals surface area contributed by atoms with Crippen molar-refractivity contribution < 1.29 is 9.90 Å². The maximum Gasteiger partial charge on any atom is 0.262 e. The molecule has 1 unspecified atom stereocenters. The summed E-state index contributed by atoms with van der Waals surface area (Å²) in [6.45, 7) is 6.34. The van der Waals surface area contributed by atoms with Gasteiger partial charge in [0.15, 0.2) is 0 Å². The summed E-state index contributed by atoms with van der Waals surface area (Å²) < 4.78 is 0. The smallest absolute Gasteiger partial charge is 0.262 e. The van der Waals surface area contributed by atoms with E-state index in [2.05, 4.69) is 31.0 Å². The van der Waals surface area contributed by atoms with Gasteiger partial charge in [-0.2, -0.15) is 0 Å². The first-order chi connectivity index (χ1) is 9.04. The maximum atomic E-state index is 12.1. The molecule has 0 aliphatic rings. The number of carbonyl (C=O) groups excluding carboxylic acids is 1. The first kappa shape index (κ1) is 15.7. The second-order valence-corrected chi connectivity index (χ2v) is 5.86. The van der Waals surface area contributed by atoms with E-state index in [0.29, 0.717) is 17.2 Å². The minimum atomic E-state index is -0.0588. The van der Waals surface area contributed by atoms with Crippen LogP contribution in [0.4, 0.5) is 0 Å². The third kappa shape index (κ3) is 5.46. The van der Waals surface area contributed by atoms with Gasteiger partial charge in [0.2, 0.25) is 0 Å². The molecule has 4 heteroatoms. The molecule has 0 saturated carbocycles. The highest BCUT2D eigenvalue weighted by Crippen LogP contribution is 2.16. The van der Waals surface area contributed by atoms with E-state index in [-0.39, 0.29) is 18.6 Å². The van der Waals surface area contributed by atoms with Crippen LogP contribution in [-0.4, -0.2) is 23.7 Å². The van der Waals surface area contributed by atoms with Crippen LogP contribution in [0.2, 0.25) is 0 Å². The number of hydrogen-bond donors (Lipinski definition) is 2. The summed E-state index contributed by atoms with van der Waals surface area (Å²) in [5.74, 6) is 6.27. The van der Waals surface area contributed by atoms with Crippen molar-refractivity contribution in [2.45, 2.75) is 39.7 Å². The fourth-order valence-corrected chi connectivity index (χ4v) is 2.60. The normalized spacial score (nSPS) is 11.8. The number of nitrogens with one attached hydrogen (secondary N) is 1. The zero-order valence-electron chi connectivity index (χ0n) is 11.7. The fourth-order valence-electron chi connectivity index (χ4n) is 1.85. The second-order valence-electron chi connectivity index (χ2n) is 4.94. The monoisotopic (exact) mass is 279 g/mol. The Morgan fingerprint density at radius 3 is 2.84 bits per heavy atom. The lowest BCUT2D eigenvalue weighted by atomic mass is 10.1. The zero-order chi connectivity index (χ0) is 14.3. The third-order valence-electron chi connectivity index (χ3n) is 2.53. The third-order valence-corrected chi connectivity index (χ3v) is 3.45. The van der Waals surface area contributed by atoms with Crippen molar-refractivity contribution in [3.05, 3.63) is 21.9 Å². The number of aliphatic hydroxyl groups excluding tert-OH is 1. The first-order valence-electron chi connectivity index (χ1n) is 6.52. The van der Waals surface area contributed by atoms with Crippen molar-refractivity contribution in [2.75, 3.05) is 6.61 Å². The lowest BCUT2D eigenvalue weighted by Gasteiger charge is -2.15. The standard InChI is InChI=1S/C15H21NO2S/c1-11(2)10-12(3)16-15(18)14-13(7-9-19-14)6-4-5-8-17/h7,9,11-12,17H,5,8,10H2,1-3H3,(H,16,18). The Morgan fingerprint density at radius 1 is 1.47 bits per heavy atom. The highest BCUT2D eigenvalue weighted by molar-refractivity contribution is 7.12. The highest BCUT2D eigenvalue weighted by atomic mass is 32.1. The topological polar surface area (TPSA) is 49.3 Å². The number of aliphatic hydroxyl groups is 1. The van der Waals surface area contributed by atoms with Gasteiger partial charge in [0.25, 0.3) is 5.91 Å². The Labute approximate surface area is 119 Å². The van der Waals surface area contributed by atoms with Crippen molar-refractivity contribution in [2.24, 2.45) is 5.92 Å². The SMILES string of the molecule is CC(C)CC(C)NC(=O)c1sccc1C#CCCO. The van der Waals surface area contributed by atoms with Crippen LogP contribution >= 0.6 is 11.3 Å². The average molecular weight is 279 g/mol. The maximum absolute atomic E-state index is 12.1. The summed E-state index contributed by atoms with van der Waals surface area (Å²) in [7, 11) is 0. The average Bonchev–Trinajstić information content (AvgIpc) is 2.76. The Bertz CT molecular complexity index is 468. The van der Waals surface area contributed by atoms with Crippen LogP contribution in [0.5, 0.6) is 0 Å². The molecule has 1 heterocycles. The number of carbonyl (C=O) groups is 1. The molecule has 0 spiro atoms. The summed E-state index contributed by atoms with van der Waals surface area (Å²) in [6.07, 6.45) is 1.39. The van der Waals surface area contributed by atoms with Gasteiger partial charge in [-0.3, -0.25) is 4.79 Å². The van der Waals surface area contributed by atoms with E-state index in [4.69, 9.17) is 5.11 Å². The number of hydrogen-bond acceptors (Lipinski definition) is 3. The summed E-state index contributed by atoms with van der Waals surface area (Å²) in [5, 5.41) is 13.6. The minimum absolute atomic E-state index is 0.0457. The molecule has 0 aliphatic carbocycles. The lowest BCUT2D eigenvalue weighted by molar-refractivity contribution is 0.0940. The fraction of sp³-hybridized carbons (Fsp3) is 0.533. The molecule has 1 atom stereocenters. The Hall–Kier alpha value is -1.31. The molecule has 1 rings (SSSR count). The molecule has 0 aromatic carbocycles. The van der Waals surface area contributed by atoms with Gasteiger partial charge in [-0.15, -0.1) is 11.3 Å². The van der Waals surface area contributed by atoms with Gasteiger partial charge in [-0.05, 0) is 30.7 Å². The van der Waals surface area contributed by atoms with Crippen LogP contribution in [-0.2, 0) is 0 Å². The molecule has 1 aromatic heterocycles. The van der Waals surface area contributed by atoms with Gasteiger partial charge in [0, 0.05) is 18.0 Å². The van der Waals surface area contributed by atoms with Gasteiger partial charge in [0.1, 0.15) is 4.88 Å². The quantitative estimate of drug-likeness (QED) is 0.814. The molecule has 19 heavy (non-hydrogen) atoms. The van der Waals surface area contributed by atoms with Crippen molar-refractivity contribution >= 4 is 17.2 Å². The predicted molar refractivity (Wildman–Crippen MR) is 79.3 cm³/mol. The summed E-state index contributed by atoms with van der Waals surface area (Å²) in [6, 6.07) is 2.00.